The second-order valence-corrected chi connectivity index (χ2v) is 6.83. The Morgan fingerprint density at radius 1 is 1.12 bits per heavy atom. The van der Waals surface area contributed by atoms with Crippen molar-refractivity contribution in [2.75, 3.05) is 25.0 Å². The number of carbonyl (C=O) groups is 1. The first-order valence-electron chi connectivity index (χ1n) is 8.81. The second-order valence-electron chi connectivity index (χ2n) is 6.83. The van der Waals surface area contributed by atoms with Crippen LogP contribution in [0.15, 0.2) is 24.3 Å². The number of likely N-dealkylation sites (tertiary alicyclic amines) is 1. The van der Waals surface area contributed by atoms with Crippen molar-refractivity contribution in [1.82, 2.24) is 9.78 Å². The Morgan fingerprint density at radius 3 is 2.46 bits per heavy atom. The molecule has 1 amide bonds. The first-order valence-corrected chi connectivity index (χ1v) is 8.81. The molecule has 1 aliphatic heterocycles. The molecule has 1 fully saturated rings. The van der Waals surface area contributed by atoms with Crippen molar-refractivity contribution in [3.8, 4) is 5.69 Å². The summed E-state index contributed by atoms with van der Waals surface area (Å²) in [6.45, 7) is 8.78. The lowest BCUT2D eigenvalue weighted by Crippen LogP contribution is -3.13. The number of hydrogen-bond donors (Lipinski definition) is 2. The van der Waals surface area contributed by atoms with E-state index in [-0.39, 0.29) is 5.91 Å². The molecule has 128 valence electrons. The van der Waals surface area contributed by atoms with Gasteiger partial charge in [-0.25, -0.2) is 4.68 Å². The molecule has 0 spiro atoms. The van der Waals surface area contributed by atoms with Crippen molar-refractivity contribution in [1.29, 1.82) is 0 Å². The maximum Gasteiger partial charge on any atom is 0.279 e. The van der Waals surface area contributed by atoms with E-state index in [2.05, 4.69) is 41.6 Å². The molecule has 0 bridgehead atoms. The fraction of sp³-hybridized carbons (Fsp3) is 0.474. The third kappa shape index (κ3) is 3.67. The van der Waals surface area contributed by atoms with Gasteiger partial charge >= 0.3 is 0 Å². The van der Waals surface area contributed by atoms with E-state index in [0.717, 1.165) is 35.9 Å². The quantitative estimate of drug-likeness (QED) is 0.900. The summed E-state index contributed by atoms with van der Waals surface area (Å²) in [5.74, 6) is 0.0848. The van der Waals surface area contributed by atoms with Crippen LogP contribution in [0, 0.1) is 20.8 Å². The Hall–Kier alpha value is -2.14. The van der Waals surface area contributed by atoms with Gasteiger partial charge in [0.25, 0.3) is 5.91 Å². The Balaban J connectivity index is 1.74. The number of amides is 1. The van der Waals surface area contributed by atoms with E-state index in [1.54, 1.807) is 0 Å². The monoisotopic (exact) mass is 327 g/mol. The number of nitrogens with one attached hydrogen (secondary N) is 2. The molecule has 0 unspecified atom stereocenters. The van der Waals surface area contributed by atoms with Gasteiger partial charge in [0.15, 0.2) is 6.54 Å². The number of nitrogens with zero attached hydrogens (tertiary/aromatic N) is 2. The summed E-state index contributed by atoms with van der Waals surface area (Å²) in [7, 11) is 0. The largest absolute Gasteiger partial charge is 0.327 e. The molecule has 5 heteroatoms. The third-order valence-corrected chi connectivity index (χ3v) is 4.81. The molecule has 1 saturated heterocycles. The molecule has 1 aromatic carbocycles. The van der Waals surface area contributed by atoms with Gasteiger partial charge in [-0.2, -0.15) is 5.10 Å². The smallest absolute Gasteiger partial charge is 0.279 e. The summed E-state index contributed by atoms with van der Waals surface area (Å²) in [6, 6.07) is 8.25. The van der Waals surface area contributed by atoms with Gasteiger partial charge < -0.3 is 10.2 Å². The molecule has 2 N–H and O–H groups in total. The summed E-state index contributed by atoms with van der Waals surface area (Å²) in [4.78, 5) is 13.8. The summed E-state index contributed by atoms with van der Waals surface area (Å²) in [5.41, 5.74) is 4.91. The Morgan fingerprint density at radius 2 is 1.79 bits per heavy atom. The highest BCUT2D eigenvalue weighted by Crippen LogP contribution is 2.22. The van der Waals surface area contributed by atoms with E-state index >= 15 is 0 Å². The van der Waals surface area contributed by atoms with E-state index in [0.29, 0.717) is 6.54 Å². The second kappa shape index (κ2) is 7.18. The molecular weight excluding hydrogens is 300 g/mol. The normalized spacial score (nSPS) is 15.5. The van der Waals surface area contributed by atoms with Crippen molar-refractivity contribution in [3.05, 3.63) is 41.2 Å². The minimum Gasteiger partial charge on any atom is -0.327 e. The molecule has 0 radical (unpaired) electrons. The van der Waals surface area contributed by atoms with E-state index in [9.17, 15) is 4.79 Å². The van der Waals surface area contributed by atoms with Crippen LogP contribution in [0.4, 0.5) is 5.69 Å². The van der Waals surface area contributed by atoms with Crippen LogP contribution in [0.3, 0.4) is 0 Å². The number of anilines is 1. The molecule has 3 rings (SSSR count). The van der Waals surface area contributed by atoms with Gasteiger partial charge in [-0.3, -0.25) is 4.79 Å². The zero-order valence-electron chi connectivity index (χ0n) is 14.9. The van der Waals surface area contributed by atoms with Gasteiger partial charge in [-0.1, -0.05) is 17.7 Å². The zero-order chi connectivity index (χ0) is 17.1. The molecule has 1 aromatic heterocycles. The van der Waals surface area contributed by atoms with Gasteiger partial charge in [0.05, 0.1) is 35.9 Å². The van der Waals surface area contributed by atoms with Gasteiger partial charge in [-0.05, 0) is 52.2 Å². The average Bonchev–Trinajstić information content (AvgIpc) is 2.85. The van der Waals surface area contributed by atoms with Crippen molar-refractivity contribution >= 4 is 11.6 Å². The molecule has 0 aliphatic carbocycles. The van der Waals surface area contributed by atoms with Crippen LogP contribution in [0.1, 0.15) is 36.2 Å². The number of hydrogen-bond acceptors (Lipinski definition) is 2. The van der Waals surface area contributed by atoms with Crippen LogP contribution < -0.4 is 10.2 Å². The SMILES string of the molecule is Cc1ccc(-n2nc(C)c(NC(=O)C[NH+]3CCCCC3)c2C)cc1. The fourth-order valence-electron chi connectivity index (χ4n) is 3.40. The lowest BCUT2D eigenvalue weighted by Gasteiger charge is -2.22. The topological polar surface area (TPSA) is 51.4 Å². The van der Waals surface area contributed by atoms with Gasteiger partial charge in [0, 0.05) is 0 Å². The minimum absolute atomic E-state index is 0.0848. The molecule has 2 heterocycles. The third-order valence-electron chi connectivity index (χ3n) is 4.81. The highest BCUT2D eigenvalue weighted by molar-refractivity contribution is 5.92. The lowest BCUT2D eigenvalue weighted by atomic mass is 10.1. The molecular formula is C19H27N4O+. The van der Waals surface area contributed by atoms with Crippen LogP contribution in [-0.2, 0) is 4.79 Å². The molecule has 0 atom stereocenters. The molecule has 5 nitrogen and oxygen atoms in total. The van der Waals surface area contributed by atoms with E-state index in [4.69, 9.17) is 0 Å². The highest BCUT2D eigenvalue weighted by Gasteiger charge is 2.20. The first kappa shape index (κ1) is 16.7. The predicted molar refractivity (Wildman–Crippen MR) is 95.8 cm³/mol. The number of rotatable bonds is 4. The van der Waals surface area contributed by atoms with E-state index < -0.39 is 0 Å². The average molecular weight is 327 g/mol. The first-order chi connectivity index (χ1) is 11.5. The van der Waals surface area contributed by atoms with Crippen LogP contribution in [0.25, 0.3) is 5.69 Å². The van der Waals surface area contributed by atoms with Crippen LogP contribution in [-0.4, -0.2) is 35.3 Å². The van der Waals surface area contributed by atoms with Crippen molar-refractivity contribution in [2.24, 2.45) is 0 Å². The summed E-state index contributed by atoms with van der Waals surface area (Å²) in [5, 5.41) is 7.69. The van der Waals surface area contributed by atoms with Crippen molar-refractivity contribution < 1.29 is 9.69 Å². The van der Waals surface area contributed by atoms with Crippen molar-refractivity contribution in [3.63, 3.8) is 0 Å². The van der Waals surface area contributed by atoms with Gasteiger partial charge in [-0.15, -0.1) is 0 Å². The number of carbonyl (C=O) groups excluding carboxylic acids is 1. The van der Waals surface area contributed by atoms with E-state index in [1.807, 2.05) is 18.5 Å². The van der Waals surface area contributed by atoms with E-state index in [1.165, 1.54) is 29.7 Å². The number of benzene rings is 1. The maximum atomic E-state index is 12.4. The van der Waals surface area contributed by atoms with Crippen LogP contribution >= 0.6 is 0 Å². The van der Waals surface area contributed by atoms with Gasteiger partial charge in [0.1, 0.15) is 0 Å². The predicted octanol–water partition coefficient (Wildman–Crippen LogP) is 1.80. The lowest BCUT2D eigenvalue weighted by molar-refractivity contribution is -0.896. The number of quaternary nitrogens is 1. The minimum atomic E-state index is 0.0848. The molecule has 1 aliphatic rings. The number of piperidine rings is 1. The Labute approximate surface area is 143 Å². The van der Waals surface area contributed by atoms with Crippen LogP contribution in [0.5, 0.6) is 0 Å². The molecule has 2 aromatic rings. The zero-order valence-corrected chi connectivity index (χ0v) is 14.9. The summed E-state index contributed by atoms with van der Waals surface area (Å²) in [6.07, 6.45) is 3.75. The maximum absolute atomic E-state index is 12.4. The standard InChI is InChI=1S/C19H26N4O/c1-14-7-9-17(10-8-14)23-16(3)19(15(2)21-23)20-18(24)13-22-11-5-4-6-12-22/h7-10H,4-6,11-13H2,1-3H3,(H,20,24)/p+1. The van der Waals surface area contributed by atoms with Crippen LogP contribution in [0.2, 0.25) is 0 Å². The highest BCUT2D eigenvalue weighted by atomic mass is 16.2. The van der Waals surface area contributed by atoms with Crippen molar-refractivity contribution in [2.45, 2.75) is 40.0 Å². The fourth-order valence-corrected chi connectivity index (χ4v) is 3.40. The number of aromatic nitrogens is 2. The molecule has 0 saturated carbocycles. The molecule has 24 heavy (non-hydrogen) atoms. The van der Waals surface area contributed by atoms with Gasteiger partial charge in [0.2, 0.25) is 0 Å². The summed E-state index contributed by atoms with van der Waals surface area (Å²) < 4.78 is 1.90. The summed E-state index contributed by atoms with van der Waals surface area (Å²) >= 11 is 0. The number of aryl methyl sites for hydroxylation is 2. The Kier molecular flexibility index (Phi) is 5.00. The Bertz CT molecular complexity index is 712.